The Kier molecular flexibility index (Phi) is 0.974. The van der Waals surface area contributed by atoms with Crippen molar-refractivity contribution in [3.63, 3.8) is 0 Å². The third-order valence-corrected chi connectivity index (χ3v) is 1.47. The molecule has 0 aliphatic heterocycles. The molecule has 0 aromatic carbocycles. The van der Waals surface area contributed by atoms with Crippen LogP contribution in [0, 0.1) is 6.20 Å². The van der Waals surface area contributed by atoms with E-state index in [0.717, 1.165) is 11.0 Å². The smallest absolute Gasteiger partial charge is 0.109 e. The van der Waals surface area contributed by atoms with Crippen LogP contribution in [0.15, 0.2) is 18.3 Å². The maximum atomic E-state index is 4.03. The summed E-state index contributed by atoms with van der Waals surface area (Å²) in [6, 6.07) is 3.72. The number of aryl methyl sites for hydroxylation is 1. The Morgan fingerprint density at radius 1 is 1.60 bits per heavy atom. The largest absolute Gasteiger partial charge is 0.266 e. The van der Waals surface area contributed by atoms with Crippen molar-refractivity contribution >= 4 is 11.0 Å². The molecular weight excluding hydrogens is 126 g/mol. The molecule has 0 saturated carbocycles. The SMILES string of the molecule is Cn1ncc2n[c]ccc21. The number of fused-ring (bicyclic) bond motifs is 1. The number of aromatic nitrogens is 3. The molecule has 0 aliphatic carbocycles. The first kappa shape index (κ1) is 5.41. The number of rotatable bonds is 0. The average Bonchev–Trinajstić information content (AvgIpc) is 2.34. The van der Waals surface area contributed by atoms with Crippen molar-refractivity contribution in [2.45, 2.75) is 0 Å². The van der Waals surface area contributed by atoms with Gasteiger partial charge in [-0.2, -0.15) is 5.10 Å². The van der Waals surface area contributed by atoms with Crippen molar-refractivity contribution < 1.29 is 0 Å². The fourth-order valence-electron chi connectivity index (χ4n) is 0.938. The summed E-state index contributed by atoms with van der Waals surface area (Å²) in [6.45, 7) is 0. The van der Waals surface area contributed by atoms with E-state index in [2.05, 4.69) is 16.3 Å². The third-order valence-electron chi connectivity index (χ3n) is 1.47. The molecule has 10 heavy (non-hydrogen) atoms. The molecule has 2 heterocycles. The van der Waals surface area contributed by atoms with E-state index in [-0.39, 0.29) is 0 Å². The first-order valence-electron chi connectivity index (χ1n) is 3.03. The molecule has 2 aromatic heterocycles. The third kappa shape index (κ3) is 0.603. The van der Waals surface area contributed by atoms with Gasteiger partial charge in [0, 0.05) is 7.05 Å². The minimum absolute atomic E-state index is 0.894. The van der Waals surface area contributed by atoms with Crippen LogP contribution in [0.5, 0.6) is 0 Å². The lowest BCUT2D eigenvalue weighted by Gasteiger charge is -1.88. The van der Waals surface area contributed by atoms with Gasteiger partial charge in [-0.15, -0.1) is 0 Å². The minimum Gasteiger partial charge on any atom is -0.266 e. The zero-order valence-electron chi connectivity index (χ0n) is 5.57. The molecule has 49 valence electrons. The molecule has 3 nitrogen and oxygen atoms in total. The van der Waals surface area contributed by atoms with Crippen LogP contribution in [0.1, 0.15) is 0 Å². The molecule has 2 aromatic rings. The molecule has 1 radical (unpaired) electrons. The summed E-state index contributed by atoms with van der Waals surface area (Å²) < 4.78 is 1.79. The highest BCUT2D eigenvalue weighted by Gasteiger charge is 1.95. The fourth-order valence-corrected chi connectivity index (χ4v) is 0.938. The Hall–Kier alpha value is -1.38. The summed E-state index contributed by atoms with van der Waals surface area (Å²) in [7, 11) is 1.89. The van der Waals surface area contributed by atoms with E-state index < -0.39 is 0 Å². The Bertz CT molecular complexity index is 350. The summed E-state index contributed by atoms with van der Waals surface area (Å²) in [4.78, 5) is 3.99. The molecule has 0 atom stereocenters. The van der Waals surface area contributed by atoms with Crippen LogP contribution in [0.2, 0.25) is 0 Å². The molecule has 0 saturated heterocycles. The number of hydrogen-bond donors (Lipinski definition) is 0. The van der Waals surface area contributed by atoms with E-state index in [4.69, 9.17) is 0 Å². The van der Waals surface area contributed by atoms with Gasteiger partial charge in [0.1, 0.15) is 5.52 Å². The van der Waals surface area contributed by atoms with Crippen LogP contribution < -0.4 is 0 Å². The Balaban J connectivity index is 2.93. The maximum Gasteiger partial charge on any atom is 0.109 e. The molecule has 2 rings (SSSR count). The molecule has 0 bridgehead atoms. The van der Waals surface area contributed by atoms with Crippen molar-refractivity contribution in [2.75, 3.05) is 0 Å². The number of nitrogens with zero attached hydrogens (tertiary/aromatic N) is 3. The van der Waals surface area contributed by atoms with Gasteiger partial charge in [0.25, 0.3) is 0 Å². The van der Waals surface area contributed by atoms with Crippen LogP contribution in [-0.2, 0) is 7.05 Å². The average molecular weight is 132 g/mol. The minimum atomic E-state index is 0.894. The highest BCUT2D eigenvalue weighted by atomic mass is 15.3. The van der Waals surface area contributed by atoms with Crippen molar-refractivity contribution in [1.29, 1.82) is 0 Å². The van der Waals surface area contributed by atoms with E-state index in [0.29, 0.717) is 0 Å². The quantitative estimate of drug-likeness (QED) is 0.530. The summed E-state index contributed by atoms with van der Waals surface area (Å²) in [5.41, 5.74) is 1.93. The topological polar surface area (TPSA) is 30.7 Å². The lowest BCUT2D eigenvalue weighted by molar-refractivity contribution is 0.797. The lowest BCUT2D eigenvalue weighted by atomic mass is 10.4. The fraction of sp³-hybridized carbons (Fsp3) is 0.143. The maximum absolute atomic E-state index is 4.03. The molecule has 0 spiro atoms. The van der Waals surface area contributed by atoms with Crippen LogP contribution >= 0.6 is 0 Å². The van der Waals surface area contributed by atoms with Crippen LogP contribution in [-0.4, -0.2) is 14.8 Å². The van der Waals surface area contributed by atoms with E-state index in [1.807, 2.05) is 13.1 Å². The van der Waals surface area contributed by atoms with Crippen molar-refractivity contribution in [3.05, 3.63) is 24.5 Å². The second-order valence-corrected chi connectivity index (χ2v) is 2.11. The Morgan fingerprint density at radius 3 is 3.30 bits per heavy atom. The van der Waals surface area contributed by atoms with Crippen molar-refractivity contribution in [3.8, 4) is 0 Å². The summed E-state index contributed by atoms with van der Waals surface area (Å²) in [6.07, 6.45) is 4.47. The van der Waals surface area contributed by atoms with Gasteiger partial charge < -0.3 is 0 Å². The molecule has 0 aliphatic rings. The van der Waals surface area contributed by atoms with Crippen LogP contribution in [0.25, 0.3) is 11.0 Å². The Labute approximate surface area is 58.3 Å². The monoisotopic (exact) mass is 132 g/mol. The van der Waals surface area contributed by atoms with Gasteiger partial charge >= 0.3 is 0 Å². The Morgan fingerprint density at radius 2 is 2.50 bits per heavy atom. The number of hydrogen-bond acceptors (Lipinski definition) is 2. The normalized spacial score (nSPS) is 10.5. The van der Waals surface area contributed by atoms with Gasteiger partial charge in [0.15, 0.2) is 0 Å². The van der Waals surface area contributed by atoms with Gasteiger partial charge in [0.2, 0.25) is 0 Å². The molecule has 0 amide bonds. The predicted octanol–water partition coefficient (Wildman–Crippen LogP) is 0.768. The zero-order valence-corrected chi connectivity index (χ0v) is 5.57. The van der Waals surface area contributed by atoms with Crippen molar-refractivity contribution in [2.24, 2.45) is 7.05 Å². The molecular formula is C7H6N3. The zero-order chi connectivity index (χ0) is 6.97. The highest BCUT2D eigenvalue weighted by Crippen LogP contribution is 2.06. The van der Waals surface area contributed by atoms with Crippen molar-refractivity contribution in [1.82, 2.24) is 14.8 Å². The first-order valence-corrected chi connectivity index (χ1v) is 3.03. The van der Waals surface area contributed by atoms with E-state index in [1.165, 1.54) is 0 Å². The van der Waals surface area contributed by atoms with Gasteiger partial charge in [-0.25, -0.2) is 4.98 Å². The molecule has 0 unspecified atom stereocenters. The first-order chi connectivity index (χ1) is 4.88. The highest BCUT2D eigenvalue weighted by molar-refractivity contribution is 5.73. The number of pyridine rings is 1. The van der Waals surface area contributed by atoms with Crippen LogP contribution in [0.3, 0.4) is 0 Å². The molecule has 0 fully saturated rings. The molecule has 3 heteroatoms. The summed E-state index contributed by atoms with van der Waals surface area (Å²) in [5.74, 6) is 0. The summed E-state index contributed by atoms with van der Waals surface area (Å²) >= 11 is 0. The van der Waals surface area contributed by atoms with E-state index in [1.54, 1.807) is 16.9 Å². The van der Waals surface area contributed by atoms with E-state index >= 15 is 0 Å². The standard InChI is InChI=1S/C7H6N3/c1-10-7-3-2-4-8-6(7)5-9-10/h2-3,5H,1H3. The molecule has 0 N–H and O–H groups in total. The van der Waals surface area contributed by atoms with E-state index in [9.17, 15) is 0 Å². The summed E-state index contributed by atoms with van der Waals surface area (Å²) in [5, 5.41) is 4.03. The van der Waals surface area contributed by atoms with Gasteiger partial charge in [-0.05, 0) is 12.1 Å². The van der Waals surface area contributed by atoms with Crippen LogP contribution in [0.4, 0.5) is 0 Å². The predicted molar refractivity (Wildman–Crippen MR) is 37.3 cm³/mol. The van der Waals surface area contributed by atoms with Gasteiger partial charge in [-0.1, -0.05) is 0 Å². The second kappa shape index (κ2) is 1.80. The van der Waals surface area contributed by atoms with Gasteiger partial charge in [-0.3, -0.25) is 4.68 Å². The lowest BCUT2D eigenvalue weighted by Crippen LogP contribution is -1.87. The van der Waals surface area contributed by atoms with Gasteiger partial charge in [0.05, 0.1) is 17.9 Å². The second-order valence-electron chi connectivity index (χ2n) is 2.11.